The number of hydrogen-bond donors (Lipinski definition) is 3. The number of benzene rings is 2. The molecule has 3 aromatic rings. The number of thiazole rings is 1. The lowest BCUT2D eigenvalue weighted by Gasteiger charge is -2.21. The lowest BCUT2D eigenvalue weighted by molar-refractivity contribution is -0.169. The fourth-order valence-corrected chi connectivity index (χ4v) is 3.94. The first-order valence-electron chi connectivity index (χ1n) is 9.94. The van der Waals surface area contributed by atoms with Crippen LogP contribution in [-0.2, 0) is 9.53 Å². The molecule has 2 atom stereocenters. The van der Waals surface area contributed by atoms with Crippen molar-refractivity contribution < 1.29 is 40.7 Å². The van der Waals surface area contributed by atoms with Crippen molar-refractivity contribution in [2.24, 2.45) is 0 Å². The minimum absolute atomic E-state index is 0.0720. The van der Waals surface area contributed by atoms with E-state index in [1.165, 1.54) is 25.1 Å². The number of ether oxygens (including phenoxy) is 1. The molecule has 0 aliphatic carbocycles. The van der Waals surface area contributed by atoms with Crippen LogP contribution in [0.2, 0.25) is 0 Å². The number of amides is 3. The van der Waals surface area contributed by atoms with Crippen LogP contribution in [0, 0.1) is 5.82 Å². The van der Waals surface area contributed by atoms with Gasteiger partial charge in [-0.15, -0.1) is 0 Å². The van der Waals surface area contributed by atoms with E-state index in [0.29, 0.717) is 5.69 Å². The Bertz CT molecular complexity index is 1190. The van der Waals surface area contributed by atoms with Gasteiger partial charge in [-0.2, -0.15) is 22.0 Å². The highest BCUT2D eigenvalue weighted by Gasteiger charge is 2.46. The summed E-state index contributed by atoms with van der Waals surface area (Å²) >= 11 is 0.872. The van der Waals surface area contributed by atoms with Gasteiger partial charge < -0.3 is 15.4 Å². The number of nitrogens with one attached hydrogen (secondary N) is 3. The average molecular weight is 520 g/mol. The van der Waals surface area contributed by atoms with Gasteiger partial charge in [-0.3, -0.25) is 10.1 Å². The van der Waals surface area contributed by atoms with E-state index < -0.39 is 54.7 Å². The van der Waals surface area contributed by atoms with Gasteiger partial charge in [-0.1, -0.05) is 17.4 Å². The number of carbonyl (C=O) groups is 2. The lowest BCUT2D eigenvalue weighted by atomic mass is 9.97. The molecule has 3 amide bonds. The summed E-state index contributed by atoms with van der Waals surface area (Å²) in [7, 11) is 0. The number of urea groups is 1. The van der Waals surface area contributed by atoms with Crippen LogP contribution in [0.4, 0.5) is 42.0 Å². The Morgan fingerprint density at radius 3 is 2.40 bits per heavy atom. The van der Waals surface area contributed by atoms with Crippen molar-refractivity contribution in [1.82, 2.24) is 10.3 Å². The van der Waals surface area contributed by atoms with E-state index in [0.717, 1.165) is 35.6 Å². The molecule has 188 valence electrons. The molecule has 2 unspecified atom stereocenters. The molecule has 3 rings (SSSR count). The van der Waals surface area contributed by atoms with Crippen molar-refractivity contribution in [3.63, 3.8) is 0 Å². The van der Waals surface area contributed by atoms with E-state index in [-0.39, 0.29) is 15.3 Å². The summed E-state index contributed by atoms with van der Waals surface area (Å²) in [5.74, 6) is -4.48. The zero-order chi connectivity index (χ0) is 25.8. The summed E-state index contributed by atoms with van der Waals surface area (Å²) in [5.41, 5.74) is 0.187. The van der Waals surface area contributed by atoms with E-state index in [1.807, 2.05) is 5.32 Å². The summed E-state index contributed by atoms with van der Waals surface area (Å²) in [6.07, 6.45) is -6.17. The van der Waals surface area contributed by atoms with Crippen LogP contribution in [-0.4, -0.2) is 42.4 Å². The number of carbonyl (C=O) groups excluding carboxylic acids is 2. The van der Waals surface area contributed by atoms with Gasteiger partial charge in [0.15, 0.2) is 11.0 Å². The average Bonchev–Trinajstić information content (AvgIpc) is 3.14. The Hall–Kier alpha value is -3.39. The number of fused-ring (bicyclic) bond motifs is 1. The SMILES string of the molecule is CC(CNC(=O)C(c1ccc2nc(NC(=O)Nc3ccc(F)cc3)sc2c1)C(F)(F)F)OC(F)F. The van der Waals surface area contributed by atoms with Gasteiger partial charge in [-0.25, -0.2) is 14.2 Å². The number of hydrogen-bond acceptors (Lipinski definition) is 5. The smallest absolute Gasteiger partial charge is 0.353 e. The molecule has 1 aromatic heterocycles. The number of aromatic nitrogens is 1. The Morgan fingerprint density at radius 2 is 1.77 bits per heavy atom. The molecule has 0 aliphatic rings. The van der Waals surface area contributed by atoms with Crippen molar-refractivity contribution in [1.29, 1.82) is 0 Å². The van der Waals surface area contributed by atoms with E-state index in [9.17, 15) is 35.9 Å². The van der Waals surface area contributed by atoms with Crippen LogP contribution in [0.3, 0.4) is 0 Å². The number of halogens is 6. The largest absolute Gasteiger partial charge is 0.404 e. The minimum atomic E-state index is -4.97. The quantitative estimate of drug-likeness (QED) is 0.344. The monoisotopic (exact) mass is 520 g/mol. The molecule has 0 bridgehead atoms. The normalized spacial score (nSPS) is 13.5. The maximum Gasteiger partial charge on any atom is 0.404 e. The second kappa shape index (κ2) is 10.9. The number of rotatable bonds is 8. The Labute approximate surface area is 198 Å². The van der Waals surface area contributed by atoms with E-state index >= 15 is 0 Å². The fraction of sp³-hybridized carbons (Fsp3) is 0.286. The predicted molar refractivity (Wildman–Crippen MR) is 117 cm³/mol. The number of nitrogens with zero attached hydrogens (tertiary/aromatic N) is 1. The molecule has 3 N–H and O–H groups in total. The molecule has 0 saturated heterocycles. The molecule has 0 aliphatic heterocycles. The summed E-state index contributed by atoms with van der Waals surface area (Å²) in [6.45, 7) is -2.50. The minimum Gasteiger partial charge on any atom is -0.353 e. The zero-order valence-electron chi connectivity index (χ0n) is 17.8. The van der Waals surface area contributed by atoms with E-state index in [4.69, 9.17) is 0 Å². The van der Waals surface area contributed by atoms with E-state index in [1.54, 1.807) is 0 Å². The van der Waals surface area contributed by atoms with Crippen LogP contribution in [0.25, 0.3) is 10.2 Å². The highest BCUT2D eigenvalue weighted by atomic mass is 32.1. The Balaban J connectivity index is 1.74. The highest BCUT2D eigenvalue weighted by molar-refractivity contribution is 7.22. The van der Waals surface area contributed by atoms with Crippen molar-refractivity contribution in [2.75, 3.05) is 17.2 Å². The molecule has 35 heavy (non-hydrogen) atoms. The van der Waals surface area contributed by atoms with Gasteiger partial charge in [0.25, 0.3) is 0 Å². The van der Waals surface area contributed by atoms with Gasteiger partial charge in [0, 0.05) is 12.2 Å². The van der Waals surface area contributed by atoms with Crippen molar-refractivity contribution in [3.05, 3.63) is 53.8 Å². The molecule has 7 nitrogen and oxygen atoms in total. The fourth-order valence-electron chi connectivity index (χ4n) is 3.03. The molecule has 0 saturated carbocycles. The van der Waals surface area contributed by atoms with Crippen molar-refractivity contribution in [2.45, 2.75) is 31.7 Å². The third kappa shape index (κ3) is 7.29. The third-order valence-electron chi connectivity index (χ3n) is 4.56. The topological polar surface area (TPSA) is 92.4 Å². The molecular weight excluding hydrogens is 502 g/mol. The maximum atomic E-state index is 13.7. The first kappa shape index (κ1) is 26.2. The van der Waals surface area contributed by atoms with Gasteiger partial charge in [0.2, 0.25) is 5.91 Å². The summed E-state index contributed by atoms with van der Waals surface area (Å²) < 4.78 is 82.8. The summed E-state index contributed by atoms with van der Waals surface area (Å²) in [6, 6.07) is 7.71. The van der Waals surface area contributed by atoms with Gasteiger partial charge in [0.1, 0.15) is 5.82 Å². The molecule has 1 heterocycles. The lowest BCUT2D eigenvalue weighted by Crippen LogP contribution is -2.41. The highest BCUT2D eigenvalue weighted by Crippen LogP contribution is 2.37. The van der Waals surface area contributed by atoms with Crippen LogP contribution in [0.5, 0.6) is 0 Å². The summed E-state index contributed by atoms with van der Waals surface area (Å²) in [5, 5.41) is 6.94. The number of anilines is 2. The first-order chi connectivity index (χ1) is 16.4. The van der Waals surface area contributed by atoms with Crippen molar-refractivity contribution >= 4 is 44.3 Å². The van der Waals surface area contributed by atoms with Crippen LogP contribution in [0.1, 0.15) is 18.4 Å². The van der Waals surface area contributed by atoms with E-state index in [2.05, 4.69) is 20.4 Å². The molecule has 0 radical (unpaired) electrons. The molecule has 14 heteroatoms. The van der Waals surface area contributed by atoms with Crippen LogP contribution < -0.4 is 16.0 Å². The summed E-state index contributed by atoms with van der Waals surface area (Å²) in [4.78, 5) is 28.5. The van der Waals surface area contributed by atoms with Gasteiger partial charge in [0.05, 0.1) is 16.3 Å². The van der Waals surface area contributed by atoms with Crippen molar-refractivity contribution in [3.8, 4) is 0 Å². The van der Waals surface area contributed by atoms with Gasteiger partial charge >= 0.3 is 18.8 Å². The molecule has 0 fully saturated rings. The van der Waals surface area contributed by atoms with Crippen LogP contribution >= 0.6 is 11.3 Å². The van der Waals surface area contributed by atoms with Crippen LogP contribution in [0.15, 0.2) is 42.5 Å². The third-order valence-corrected chi connectivity index (χ3v) is 5.49. The molecule has 0 spiro atoms. The van der Waals surface area contributed by atoms with Gasteiger partial charge in [-0.05, 0) is 48.9 Å². The first-order valence-corrected chi connectivity index (χ1v) is 10.8. The second-order valence-electron chi connectivity index (χ2n) is 7.26. The maximum absolute atomic E-state index is 13.7. The molecule has 2 aromatic carbocycles. The molecular formula is C21H18F6N4O3S. The standard InChI is InChI=1S/C21H18F6N4O3S/c1-10(34-18(23)24)9-28-17(32)16(21(25,26)27)11-2-7-14-15(8-11)35-20(30-14)31-19(33)29-13-5-3-12(22)4-6-13/h2-8,10,16,18H,9H2,1H3,(H,28,32)(H2,29,30,31,33). The Kier molecular flexibility index (Phi) is 8.17. The predicted octanol–water partition coefficient (Wildman–Crippen LogP) is 5.47. The number of alkyl halides is 5. The zero-order valence-corrected chi connectivity index (χ0v) is 18.6. The Morgan fingerprint density at radius 1 is 1.09 bits per heavy atom. The second-order valence-corrected chi connectivity index (χ2v) is 8.29.